The van der Waals surface area contributed by atoms with Crippen LogP contribution in [0.2, 0.25) is 0 Å². The van der Waals surface area contributed by atoms with Crippen LogP contribution in [0, 0.1) is 0 Å². The quantitative estimate of drug-likeness (QED) is 0.485. The zero-order valence-corrected chi connectivity index (χ0v) is 17.8. The third-order valence-electron chi connectivity index (χ3n) is 5.68. The van der Waals surface area contributed by atoms with Gasteiger partial charge in [0.05, 0.1) is 18.2 Å². The third kappa shape index (κ3) is 3.75. The Balaban J connectivity index is 1.39. The lowest BCUT2D eigenvalue weighted by atomic mass is 10.0. The normalized spacial score (nSPS) is 14.2. The molecule has 1 fully saturated rings. The van der Waals surface area contributed by atoms with Gasteiger partial charge in [0.25, 0.3) is 5.91 Å². The predicted molar refractivity (Wildman–Crippen MR) is 120 cm³/mol. The molecule has 1 amide bonds. The van der Waals surface area contributed by atoms with Gasteiger partial charge in [-0.05, 0) is 30.7 Å². The Morgan fingerprint density at radius 3 is 2.66 bits per heavy atom. The number of nitrogens with zero attached hydrogens (tertiary/aromatic N) is 5. The van der Waals surface area contributed by atoms with E-state index in [2.05, 4.69) is 9.88 Å². The van der Waals surface area contributed by atoms with E-state index < -0.39 is 0 Å². The minimum Gasteiger partial charge on any atom is -0.459 e. The molecule has 1 aromatic carbocycles. The maximum absolute atomic E-state index is 12.5. The van der Waals surface area contributed by atoms with E-state index in [0.717, 1.165) is 28.3 Å². The molecule has 3 aromatic heterocycles. The van der Waals surface area contributed by atoms with Gasteiger partial charge in [0.2, 0.25) is 0 Å². The lowest BCUT2D eigenvalue weighted by Gasteiger charge is -2.35. The Bertz CT molecular complexity index is 1270. The van der Waals surface area contributed by atoms with Gasteiger partial charge in [-0.15, -0.1) is 0 Å². The van der Waals surface area contributed by atoms with E-state index in [1.54, 1.807) is 30.2 Å². The van der Waals surface area contributed by atoms with Gasteiger partial charge in [-0.25, -0.2) is 9.97 Å². The average Bonchev–Trinajstić information content (AvgIpc) is 3.50. The number of furan rings is 1. The molecule has 8 heteroatoms. The first-order valence-electron chi connectivity index (χ1n) is 10.6. The molecule has 1 aliphatic rings. The number of amides is 1. The molecule has 1 saturated heterocycles. The van der Waals surface area contributed by atoms with E-state index in [9.17, 15) is 9.59 Å². The number of anilines is 1. The average molecular weight is 429 g/mol. The highest BCUT2D eigenvalue weighted by Crippen LogP contribution is 2.27. The Morgan fingerprint density at radius 2 is 1.91 bits per heavy atom. The first-order valence-corrected chi connectivity index (χ1v) is 10.6. The molecule has 0 N–H and O–H groups in total. The molecule has 0 aliphatic carbocycles. The van der Waals surface area contributed by atoms with Crippen molar-refractivity contribution >= 4 is 23.2 Å². The smallest absolute Gasteiger partial charge is 0.289 e. The standard InChI is InChI=1S/C24H23N5O3/c1-17(30)14-18-4-2-5-19(15-18)20-16-26-22(23-25-7-8-29(20)23)27-9-11-28(12-10-27)24(31)21-6-3-13-32-21/h2-8,13,15-16H,9-12,14H2,1H3. The first kappa shape index (κ1) is 20.0. The number of fused-ring (bicyclic) bond motifs is 1. The van der Waals surface area contributed by atoms with E-state index in [4.69, 9.17) is 9.40 Å². The first-order chi connectivity index (χ1) is 15.6. The number of aromatic nitrogens is 3. The van der Waals surface area contributed by atoms with Gasteiger partial charge in [0.15, 0.2) is 17.2 Å². The van der Waals surface area contributed by atoms with Crippen LogP contribution in [0.5, 0.6) is 0 Å². The van der Waals surface area contributed by atoms with Crippen LogP contribution >= 0.6 is 0 Å². The van der Waals surface area contributed by atoms with Crippen molar-refractivity contribution in [2.45, 2.75) is 13.3 Å². The molecule has 4 heterocycles. The number of piperazine rings is 1. The molecule has 0 radical (unpaired) electrons. The molecule has 0 saturated carbocycles. The zero-order chi connectivity index (χ0) is 22.1. The SMILES string of the molecule is CC(=O)Cc1cccc(-c2cnc(N3CCN(C(=O)c4ccco4)CC3)c3nccn23)c1. The second kappa shape index (κ2) is 8.30. The highest BCUT2D eigenvalue weighted by molar-refractivity contribution is 5.91. The highest BCUT2D eigenvalue weighted by Gasteiger charge is 2.26. The lowest BCUT2D eigenvalue weighted by Crippen LogP contribution is -2.49. The number of carbonyl (C=O) groups is 2. The summed E-state index contributed by atoms with van der Waals surface area (Å²) in [6.45, 7) is 4.09. The highest BCUT2D eigenvalue weighted by atomic mass is 16.3. The number of hydrogen-bond acceptors (Lipinski definition) is 6. The van der Waals surface area contributed by atoms with Crippen LogP contribution in [0.25, 0.3) is 16.9 Å². The zero-order valence-electron chi connectivity index (χ0n) is 17.8. The van der Waals surface area contributed by atoms with Crippen molar-refractivity contribution in [2.75, 3.05) is 31.1 Å². The fourth-order valence-electron chi connectivity index (χ4n) is 4.15. The monoisotopic (exact) mass is 429 g/mol. The number of carbonyl (C=O) groups excluding carboxylic acids is 2. The lowest BCUT2D eigenvalue weighted by molar-refractivity contribution is -0.116. The van der Waals surface area contributed by atoms with Crippen LogP contribution in [-0.4, -0.2) is 57.1 Å². The number of benzene rings is 1. The number of hydrogen-bond donors (Lipinski definition) is 0. The molecule has 32 heavy (non-hydrogen) atoms. The van der Waals surface area contributed by atoms with E-state index in [1.807, 2.05) is 41.1 Å². The summed E-state index contributed by atoms with van der Waals surface area (Å²) in [7, 11) is 0. The van der Waals surface area contributed by atoms with E-state index in [1.165, 1.54) is 6.26 Å². The molecular weight excluding hydrogens is 406 g/mol. The molecule has 162 valence electrons. The van der Waals surface area contributed by atoms with Crippen molar-refractivity contribution in [1.29, 1.82) is 0 Å². The van der Waals surface area contributed by atoms with Gasteiger partial charge in [0, 0.05) is 50.6 Å². The van der Waals surface area contributed by atoms with Crippen LogP contribution in [0.15, 0.2) is 65.7 Å². The van der Waals surface area contributed by atoms with Gasteiger partial charge < -0.3 is 14.2 Å². The number of imidazole rings is 1. The summed E-state index contributed by atoms with van der Waals surface area (Å²) in [6, 6.07) is 11.4. The van der Waals surface area contributed by atoms with E-state index in [-0.39, 0.29) is 11.7 Å². The maximum Gasteiger partial charge on any atom is 0.289 e. The summed E-state index contributed by atoms with van der Waals surface area (Å²) < 4.78 is 7.27. The molecule has 0 atom stereocenters. The predicted octanol–water partition coefficient (Wildman–Crippen LogP) is 3.08. The number of Topliss-reactive ketones (excluding diaryl/α,β-unsaturated/α-hetero) is 1. The Kier molecular flexibility index (Phi) is 5.18. The van der Waals surface area contributed by atoms with Crippen LogP contribution < -0.4 is 4.90 Å². The van der Waals surface area contributed by atoms with Crippen molar-refractivity contribution in [3.05, 3.63) is 72.6 Å². The summed E-state index contributed by atoms with van der Waals surface area (Å²) in [4.78, 5) is 37.3. The van der Waals surface area contributed by atoms with Gasteiger partial charge in [-0.3, -0.25) is 14.0 Å². The Morgan fingerprint density at radius 1 is 1.06 bits per heavy atom. The van der Waals surface area contributed by atoms with Crippen molar-refractivity contribution in [3.8, 4) is 11.3 Å². The van der Waals surface area contributed by atoms with E-state index >= 15 is 0 Å². The summed E-state index contributed by atoms with van der Waals surface area (Å²) in [5.41, 5.74) is 3.65. The van der Waals surface area contributed by atoms with E-state index in [0.29, 0.717) is 38.4 Å². The van der Waals surface area contributed by atoms with Crippen LogP contribution in [0.1, 0.15) is 23.0 Å². The molecule has 4 aromatic rings. The molecule has 5 rings (SSSR count). The minimum atomic E-state index is -0.0886. The van der Waals surface area contributed by atoms with Crippen molar-refractivity contribution < 1.29 is 14.0 Å². The fraction of sp³-hybridized carbons (Fsp3) is 0.250. The van der Waals surface area contributed by atoms with Crippen LogP contribution in [-0.2, 0) is 11.2 Å². The molecule has 0 spiro atoms. The second-order valence-electron chi connectivity index (χ2n) is 7.92. The topological polar surface area (TPSA) is 84.0 Å². The van der Waals surface area contributed by atoms with Gasteiger partial charge in [-0.1, -0.05) is 18.2 Å². The largest absolute Gasteiger partial charge is 0.459 e. The number of rotatable bonds is 5. The fourth-order valence-corrected chi connectivity index (χ4v) is 4.15. The Hall–Kier alpha value is -3.94. The van der Waals surface area contributed by atoms with Gasteiger partial charge in [-0.2, -0.15) is 0 Å². The summed E-state index contributed by atoms with van der Waals surface area (Å²) >= 11 is 0. The molecule has 1 aliphatic heterocycles. The summed E-state index contributed by atoms with van der Waals surface area (Å²) in [5.74, 6) is 1.20. The summed E-state index contributed by atoms with van der Waals surface area (Å²) in [5, 5.41) is 0. The second-order valence-corrected chi connectivity index (χ2v) is 7.92. The van der Waals surface area contributed by atoms with Crippen molar-refractivity contribution in [2.24, 2.45) is 0 Å². The van der Waals surface area contributed by atoms with Gasteiger partial charge in [0.1, 0.15) is 5.78 Å². The number of ketones is 1. The summed E-state index contributed by atoms with van der Waals surface area (Å²) in [6.07, 6.45) is 7.45. The van der Waals surface area contributed by atoms with Gasteiger partial charge >= 0.3 is 0 Å². The molecule has 8 nitrogen and oxygen atoms in total. The van der Waals surface area contributed by atoms with Crippen molar-refractivity contribution in [3.63, 3.8) is 0 Å². The molecular formula is C24H23N5O3. The Labute approximate surface area is 185 Å². The third-order valence-corrected chi connectivity index (χ3v) is 5.68. The van der Waals surface area contributed by atoms with Crippen molar-refractivity contribution in [1.82, 2.24) is 19.3 Å². The molecule has 0 unspecified atom stereocenters. The minimum absolute atomic E-state index is 0.0886. The van der Waals surface area contributed by atoms with Crippen LogP contribution in [0.3, 0.4) is 0 Å². The maximum atomic E-state index is 12.5. The van der Waals surface area contributed by atoms with Crippen LogP contribution in [0.4, 0.5) is 5.82 Å². The molecule has 0 bridgehead atoms.